The molecule has 0 aromatic heterocycles. The van der Waals surface area contributed by atoms with Crippen LogP contribution in [0.1, 0.15) is 84.0 Å². The van der Waals surface area contributed by atoms with Crippen LogP contribution >= 0.6 is 11.8 Å². The highest BCUT2D eigenvalue weighted by Crippen LogP contribution is 2.21. The molecular weight excluding hydrogens is 344 g/mol. The van der Waals surface area contributed by atoms with E-state index in [4.69, 9.17) is 9.84 Å². The fraction of sp³-hybridized carbons (Fsp3) is 0.682. The molecule has 148 valence electrons. The van der Waals surface area contributed by atoms with E-state index >= 15 is 0 Å². The second-order valence-corrected chi connectivity index (χ2v) is 7.94. The second-order valence-electron chi connectivity index (χ2n) is 6.89. The van der Waals surface area contributed by atoms with Gasteiger partial charge in [-0.1, -0.05) is 77.6 Å². The first-order valence-electron chi connectivity index (χ1n) is 10.3. The van der Waals surface area contributed by atoms with Crippen molar-refractivity contribution in [2.24, 2.45) is 0 Å². The Bertz CT molecular complexity index is 459. The van der Waals surface area contributed by atoms with E-state index < -0.39 is 5.97 Å². The third-order valence-corrected chi connectivity index (χ3v) is 5.45. The number of carboxylic acid groups (broad SMARTS) is 1. The first-order chi connectivity index (χ1) is 12.7. The molecule has 26 heavy (non-hydrogen) atoms. The number of carbonyl (C=O) groups is 1. The smallest absolute Gasteiger partial charge is 0.313 e. The molecule has 0 saturated heterocycles. The van der Waals surface area contributed by atoms with E-state index in [9.17, 15) is 4.79 Å². The number of ether oxygens (including phenoxy) is 1. The molecule has 0 atom stereocenters. The molecule has 1 aromatic carbocycles. The summed E-state index contributed by atoms with van der Waals surface area (Å²) in [4.78, 5) is 11.5. The van der Waals surface area contributed by atoms with Gasteiger partial charge in [0.1, 0.15) is 5.75 Å². The van der Waals surface area contributed by atoms with Crippen molar-refractivity contribution in [1.29, 1.82) is 0 Å². The maximum Gasteiger partial charge on any atom is 0.313 e. The molecule has 1 N–H and O–H groups in total. The minimum absolute atomic E-state index is 0.0963. The zero-order valence-electron chi connectivity index (χ0n) is 16.4. The van der Waals surface area contributed by atoms with Crippen molar-refractivity contribution >= 4 is 17.7 Å². The van der Waals surface area contributed by atoms with Gasteiger partial charge in [-0.2, -0.15) is 0 Å². The van der Waals surface area contributed by atoms with E-state index in [-0.39, 0.29) is 5.75 Å². The van der Waals surface area contributed by atoms with Crippen molar-refractivity contribution < 1.29 is 14.6 Å². The average Bonchev–Trinajstić information content (AvgIpc) is 2.64. The SMILES string of the molecule is CCCCCCCCCCCCCCOc1ccc(SCC(=O)O)cc1. The Hall–Kier alpha value is -1.16. The van der Waals surface area contributed by atoms with Crippen LogP contribution in [0.3, 0.4) is 0 Å². The molecule has 3 nitrogen and oxygen atoms in total. The summed E-state index contributed by atoms with van der Waals surface area (Å²) < 4.78 is 5.75. The van der Waals surface area contributed by atoms with Crippen LogP contribution in [0.5, 0.6) is 5.75 Å². The summed E-state index contributed by atoms with van der Waals surface area (Å²) in [6.07, 6.45) is 16.2. The highest BCUT2D eigenvalue weighted by atomic mass is 32.2. The molecule has 0 bridgehead atoms. The van der Waals surface area contributed by atoms with Crippen LogP contribution < -0.4 is 4.74 Å². The van der Waals surface area contributed by atoms with Crippen LogP contribution in [0.4, 0.5) is 0 Å². The minimum Gasteiger partial charge on any atom is -0.494 e. The monoisotopic (exact) mass is 380 g/mol. The summed E-state index contributed by atoms with van der Waals surface area (Å²) >= 11 is 1.33. The lowest BCUT2D eigenvalue weighted by atomic mass is 10.1. The predicted molar refractivity (Wildman–Crippen MR) is 111 cm³/mol. The zero-order chi connectivity index (χ0) is 18.9. The molecule has 0 saturated carbocycles. The van der Waals surface area contributed by atoms with E-state index in [1.807, 2.05) is 24.3 Å². The van der Waals surface area contributed by atoms with Crippen LogP contribution in [0.15, 0.2) is 29.2 Å². The molecule has 1 aromatic rings. The van der Waals surface area contributed by atoms with Gasteiger partial charge < -0.3 is 9.84 Å². The fourth-order valence-electron chi connectivity index (χ4n) is 2.91. The summed E-state index contributed by atoms with van der Waals surface area (Å²) in [5.74, 6) is 0.175. The first kappa shape index (κ1) is 22.9. The number of unbranched alkanes of at least 4 members (excludes halogenated alkanes) is 11. The molecule has 0 fully saturated rings. The Kier molecular flexibility index (Phi) is 14.1. The number of carboxylic acids is 1. The summed E-state index contributed by atoms with van der Waals surface area (Å²) in [5.41, 5.74) is 0. The van der Waals surface area contributed by atoms with Crippen LogP contribution in [0.2, 0.25) is 0 Å². The van der Waals surface area contributed by atoms with Gasteiger partial charge in [-0.15, -0.1) is 11.8 Å². The fourth-order valence-corrected chi connectivity index (χ4v) is 3.53. The molecule has 0 aliphatic heterocycles. The quantitative estimate of drug-likeness (QED) is 0.235. The van der Waals surface area contributed by atoms with Gasteiger partial charge in [-0.3, -0.25) is 4.79 Å². The summed E-state index contributed by atoms with van der Waals surface area (Å²) in [6.45, 7) is 3.03. The number of hydrogen-bond acceptors (Lipinski definition) is 3. The van der Waals surface area contributed by atoms with Gasteiger partial charge in [0.25, 0.3) is 0 Å². The highest BCUT2D eigenvalue weighted by Gasteiger charge is 2.00. The van der Waals surface area contributed by atoms with Crippen LogP contribution in [-0.4, -0.2) is 23.4 Å². The standard InChI is InChI=1S/C22H36O3S/c1-2-3-4-5-6-7-8-9-10-11-12-13-18-25-20-14-16-21(17-15-20)26-19-22(23)24/h14-17H,2-13,18-19H2,1H3,(H,23,24). The zero-order valence-corrected chi connectivity index (χ0v) is 17.2. The molecule has 1 rings (SSSR count). The van der Waals surface area contributed by atoms with Crippen molar-refractivity contribution in [1.82, 2.24) is 0 Å². The Labute approximate surface area is 163 Å². The van der Waals surface area contributed by atoms with Gasteiger partial charge in [0.2, 0.25) is 0 Å². The van der Waals surface area contributed by atoms with Gasteiger partial charge >= 0.3 is 5.97 Å². The lowest BCUT2D eigenvalue weighted by Crippen LogP contribution is -1.98. The number of benzene rings is 1. The topological polar surface area (TPSA) is 46.5 Å². The summed E-state index contributed by atoms with van der Waals surface area (Å²) in [5, 5.41) is 8.67. The maximum atomic E-state index is 10.5. The van der Waals surface area contributed by atoms with E-state index in [1.165, 1.54) is 82.4 Å². The number of hydrogen-bond donors (Lipinski definition) is 1. The van der Waals surface area contributed by atoms with E-state index in [0.717, 1.165) is 23.7 Å². The predicted octanol–water partition coefficient (Wildman–Crippen LogP) is 6.94. The Morgan fingerprint density at radius 1 is 0.846 bits per heavy atom. The minimum atomic E-state index is -0.790. The molecule has 0 aliphatic carbocycles. The number of thioether (sulfide) groups is 1. The Morgan fingerprint density at radius 2 is 1.35 bits per heavy atom. The van der Waals surface area contributed by atoms with Crippen molar-refractivity contribution in [2.75, 3.05) is 12.4 Å². The van der Waals surface area contributed by atoms with E-state index in [1.54, 1.807) is 0 Å². The van der Waals surface area contributed by atoms with Gasteiger partial charge in [0.15, 0.2) is 0 Å². The first-order valence-corrected chi connectivity index (χ1v) is 11.3. The summed E-state index contributed by atoms with van der Waals surface area (Å²) in [6, 6.07) is 7.69. The van der Waals surface area contributed by atoms with Gasteiger partial charge in [-0.05, 0) is 30.7 Å². The van der Waals surface area contributed by atoms with E-state index in [0.29, 0.717) is 0 Å². The van der Waals surface area contributed by atoms with Crippen molar-refractivity contribution in [3.8, 4) is 5.75 Å². The molecule has 0 amide bonds. The molecule has 0 radical (unpaired) electrons. The van der Waals surface area contributed by atoms with Crippen molar-refractivity contribution in [3.63, 3.8) is 0 Å². The Morgan fingerprint density at radius 3 is 1.85 bits per heavy atom. The molecule has 0 spiro atoms. The van der Waals surface area contributed by atoms with Gasteiger partial charge in [0.05, 0.1) is 12.4 Å². The van der Waals surface area contributed by atoms with E-state index in [2.05, 4.69) is 6.92 Å². The number of rotatable bonds is 17. The molecule has 0 heterocycles. The van der Waals surface area contributed by atoms with Crippen molar-refractivity contribution in [2.45, 2.75) is 88.9 Å². The lowest BCUT2D eigenvalue weighted by Gasteiger charge is -2.07. The Balaban J connectivity index is 1.90. The average molecular weight is 381 g/mol. The molecule has 0 unspecified atom stereocenters. The maximum absolute atomic E-state index is 10.5. The van der Waals surface area contributed by atoms with Crippen LogP contribution in [0.25, 0.3) is 0 Å². The van der Waals surface area contributed by atoms with Crippen LogP contribution in [0, 0.1) is 0 Å². The summed E-state index contributed by atoms with van der Waals surface area (Å²) in [7, 11) is 0. The van der Waals surface area contributed by atoms with Gasteiger partial charge in [0, 0.05) is 4.90 Å². The van der Waals surface area contributed by atoms with Crippen molar-refractivity contribution in [3.05, 3.63) is 24.3 Å². The molecular formula is C22H36O3S. The molecule has 0 aliphatic rings. The van der Waals surface area contributed by atoms with Crippen LogP contribution in [-0.2, 0) is 4.79 Å². The highest BCUT2D eigenvalue weighted by molar-refractivity contribution is 8.00. The lowest BCUT2D eigenvalue weighted by molar-refractivity contribution is -0.133. The third-order valence-electron chi connectivity index (χ3n) is 4.45. The number of aliphatic carboxylic acids is 1. The third kappa shape index (κ3) is 13.1. The normalized spacial score (nSPS) is 10.8. The molecule has 4 heteroatoms. The second kappa shape index (κ2) is 16.0. The largest absolute Gasteiger partial charge is 0.494 e. The van der Waals surface area contributed by atoms with Gasteiger partial charge in [-0.25, -0.2) is 0 Å².